The van der Waals surface area contributed by atoms with Gasteiger partial charge in [-0.25, -0.2) is 0 Å². The summed E-state index contributed by atoms with van der Waals surface area (Å²) < 4.78 is 5.10. The number of hydrogen-bond acceptors (Lipinski definition) is 4. The van der Waals surface area contributed by atoms with Crippen LogP contribution < -0.4 is 15.8 Å². The Morgan fingerprint density at radius 3 is 2.75 bits per heavy atom. The Morgan fingerprint density at radius 2 is 2.15 bits per heavy atom. The van der Waals surface area contributed by atoms with Gasteiger partial charge in [-0.2, -0.15) is 0 Å². The predicted octanol–water partition coefficient (Wildman–Crippen LogP) is 1.74. The SMILES string of the molecule is COc1ccc(N)c(C(=O)NCCCN(C)C(C)C)c1. The van der Waals surface area contributed by atoms with E-state index < -0.39 is 0 Å². The Labute approximate surface area is 121 Å². The van der Waals surface area contributed by atoms with E-state index in [4.69, 9.17) is 10.5 Å². The highest BCUT2D eigenvalue weighted by atomic mass is 16.5. The van der Waals surface area contributed by atoms with Crippen molar-refractivity contribution in [3.8, 4) is 5.75 Å². The van der Waals surface area contributed by atoms with Gasteiger partial charge in [0, 0.05) is 18.3 Å². The molecule has 0 heterocycles. The molecule has 1 amide bonds. The van der Waals surface area contributed by atoms with E-state index in [1.54, 1.807) is 25.3 Å². The van der Waals surface area contributed by atoms with Gasteiger partial charge in [-0.3, -0.25) is 4.79 Å². The highest BCUT2D eigenvalue weighted by molar-refractivity contribution is 5.99. The van der Waals surface area contributed by atoms with Crippen LogP contribution in [0.1, 0.15) is 30.6 Å². The molecule has 1 rings (SSSR count). The number of carbonyl (C=O) groups excluding carboxylic acids is 1. The second kappa shape index (κ2) is 7.75. The molecule has 0 aliphatic rings. The quantitative estimate of drug-likeness (QED) is 0.589. The van der Waals surface area contributed by atoms with Crippen molar-refractivity contribution in [2.45, 2.75) is 26.3 Å². The van der Waals surface area contributed by atoms with Gasteiger partial charge in [0.05, 0.1) is 12.7 Å². The monoisotopic (exact) mass is 279 g/mol. The van der Waals surface area contributed by atoms with Crippen LogP contribution in [0.15, 0.2) is 18.2 Å². The number of nitrogens with one attached hydrogen (secondary N) is 1. The lowest BCUT2D eigenvalue weighted by molar-refractivity contribution is 0.0952. The first-order chi connectivity index (χ1) is 9.45. The van der Waals surface area contributed by atoms with Crippen LogP contribution in [-0.4, -0.2) is 44.1 Å². The smallest absolute Gasteiger partial charge is 0.253 e. The number of nitrogens with zero attached hydrogens (tertiary/aromatic N) is 1. The summed E-state index contributed by atoms with van der Waals surface area (Å²) >= 11 is 0. The first-order valence-corrected chi connectivity index (χ1v) is 6.87. The Kier molecular flexibility index (Phi) is 6.31. The van der Waals surface area contributed by atoms with E-state index >= 15 is 0 Å². The zero-order chi connectivity index (χ0) is 15.1. The zero-order valence-electron chi connectivity index (χ0n) is 12.8. The second-order valence-corrected chi connectivity index (χ2v) is 5.14. The summed E-state index contributed by atoms with van der Waals surface area (Å²) in [6, 6.07) is 5.59. The second-order valence-electron chi connectivity index (χ2n) is 5.14. The number of hydrogen-bond donors (Lipinski definition) is 2. The number of benzene rings is 1. The molecule has 0 saturated carbocycles. The van der Waals surface area contributed by atoms with Gasteiger partial charge in [-0.1, -0.05) is 0 Å². The largest absolute Gasteiger partial charge is 0.497 e. The molecule has 0 fully saturated rings. The van der Waals surface area contributed by atoms with Crippen LogP contribution in [0.5, 0.6) is 5.75 Å². The molecule has 3 N–H and O–H groups in total. The van der Waals surface area contributed by atoms with Crippen molar-refractivity contribution < 1.29 is 9.53 Å². The molecule has 1 aromatic rings. The van der Waals surface area contributed by atoms with Gasteiger partial charge >= 0.3 is 0 Å². The summed E-state index contributed by atoms with van der Waals surface area (Å²) in [6.07, 6.45) is 0.907. The minimum Gasteiger partial charge on any atom is -0.497 e. The Balaban J connectivity index is 2.47. The molecule has 5 heteroatoms. The average Bonchev–Trinajstić information content (AvgIpc) is 2.43. The summed E-state index contributed by atoms with van der Waals surface area (Å²) in [5.74, 6) is 0.470. The molecule has 0 atom stereocenters. The number of methoxy groups -OCH3 is 1. The number of nitrogen functional groups attached to an aromatic ring is 1. The third-order valence-electron chi connectivity index (χ3n) is 3.36. The fraction of sp³-hybridized carbons (Fsp3) is 0.533. The average molecular weight is 279 g/mol. The fourth-order valence-corrected chi connectivity index (χ4v) is 1.74. The number of nitrogens with two attached hydrogens (primary N) is 1. The van der Waals surface area contributed by atoms with Gasteiger partial charge in [0.2, 0.25) is 0 Å². The lowest BCUT2D eigenvalue weighted by atomic mass is 10.1. The van der Waals surface area contributed by atoms with E-state index in [0.29, 0.717) is 29.6 Å². The highest BCUT2D eigenvalue weighted by Gasteiger charge is 2.10. The molecule has 112 valence electrons. The van der Waals surface area contributed by atoms with Crippen molar-refractivity contribution >= 4 is 11.6 Å². The molecule has 20 heavy (non-hydrogen) atoms. The molecule has 0 aliphatic carbocycles. The maximum Gasteiger partial charge on any atom is 0.253 e. The number of rotatable bonds is 7. The highest BCUT2D eigenvalue weighted by Crippen LogP contribution is 2.19. The van der Waals surface area contributed by atoms with E-state index in [-0.39, 0.29) is 5.91 Å². The van der Waals surface area contributed by atoms with Gasteiger partial charge in [0.15, 0.2) is 0 Å². The van der Waals surface area contributed by atoms with Gasteiger partial charge in [0.1, 0.15) is 5.75 Å². The molecular weight excluding hydrogens is 254 g/mol. The van der Waals surface area contributed by atoms with Crippen molar-refractivity contribution in [2.75, 3.05) is 33.0 Å². The molecule has 0 spiro atoms. The van der Waals surface area contributed by atoms with E-state index in [0.717, 1.165) is 13.0 Å². The van der Waals surface area contributed by atoms with Crippen LogP contribution in [-0.2, 0) is 0 Å². The van der Waals surface area contributed by atoms with Crippen LogP contribution in [0, 0.1) is 0 Å². The number of ether oxygens (including phenoxy) is 1. The van der Waals surface area contributed by atoms with E-state index in [9.17, 15) is 4.79 Å². The lowest BCUT2D eigenvalue weighted by Crippen LogP contribution is -2.31. The van der Waals surface area contributed by atoms with Crippen molar-refractivity contribution in [3.05, 3.63) is 23.8 Å². The Morgan fingerprint density at radius 1 is 1.45 bits per heavy atom. The number of carbonyl (C=O) groups is 1. The van der Waals surface area contributed by atoms with Gasteiger partial charge in [-0.15, -0.1) is 0 Å². The summed E-state index contributed by atoms with van der Waals surface area (Å²) in [6.45, 7) is 5.88. The molecule has 0 unspecified atom stereocenters. The van der Waals surface area contributed by atoms with Gasteiger partial charge < -0.3 is 20.7 Å². The van der Waals surface area contributed by atoms with Crippen molar-refractivity contribution in [2.24, 2.45) is 0 Å². The summed E-state index contributed by atoms with van der Waals surface area (Å²) in [5.41, 5.74) is 6.73. The number of amides is 1. The topological polar surface area (TPSA) is 67.6 Å². The molecule has 0 radical (unpaired) electrons. The third kappa shape index (κ3) is 4.74. The van der Waals surface area contributed by atoms with Crippen molar-refractivity contribution in [3.63, 3.8) is 0 Å². The van der Waals surface area contributed by atoms with Crippen LogP contribution in [0.3, 0.4) is 0 Å². The molecule has 1 aromatic carbocycles. The van der Waals surface area contributed by atoms with Crippen molar-refractivity contribution in [1.29, 1.82) is 0 Å². The Hall–Kier alpha value is -1.75. The standard InChI is InChI=1S/C15H25N3O2/c1-11(2)18(3)9-5-8-17-15(19)13-10-12(20-4)6-7-14(13)16/h6-7,10-11H,5,8-9,16H2,1-4H3,(H,17,19). The van der Waals surface area contributed by atoms with Crippen molar-refractivity contribution in [1.82, 2.24) is 10.2 Å². The Bertz CT molecular complexity index is 447. The molecule has 0 saturated heterocycles. The van der Waals surface area contributed by atoms with E-state index in [1.165, 1.54) is 0 Å². The van der Waals surface area contributed by atoms with Gasteiger partial charge in [0.25, 0.3) is 5.91 Å². The number of anilines is 1. The van der Waals surface area contributed by atoms with Crippen LogP contribution in [0.4, 0.5) is 5.69 Å². The summed E-state index contributed by atoms with van der Waals surface area (Å²) in [5, 5.41) is 2.88. The molecule has 5 nitrogen and oxygen atoms in total. The molecular formula is C15H25N3O2. The molecule has 0 aromatic heterocycles. The maximum atomic E-state index is 12.1. The minimum absolute atomic E-state index is 0.159. The van der Waals surface area contributed by atoms with E-state index in [1.807, 2.05) is 0 Å². The van der Waals surface area contributed by atoms with E-state index in [2.05, 4.69) is 31.1 Å². The maximum absolute atomic E-state index is 12.1. The molecule has 0 aliphatic heterocycles. The van der Waals surface area contributed by atoms with Gasteiger partial charge in [-0.05, 0) is 52.1 Å². The lowest BCUT2D eigenvalue weighted by Gasteiger charge is -2.20. The fourth-order valence-electron chi connectivity index (χ4n) is 1.74. The minimum atomic E-state index is -0.159. The third-order valence-corrected chi connectivity index (χ3v) is 3.36. The molecule has 0 bridgehead atoms. The normalized spacial score (nSPS) is 10.9. The van der Waals surface area contributed by atoms with Crippen LogP contribution in [0.25, 0.3) is 0 Å². The van der Waals surface area contributed by atoms with Crippen LogP contribution in [0.2, 0.25) is 0 Å². The first-order valence-electron chi connectivity index (χ1n) is 6.87. The predicted molar refractivity (Wildman–Crippen MR) is 82.1 cm³/mol. The summed E-state index contributed by atoms with van der Waals surface area (Å²) in [7, 11) is 3.64. The van der Waals surface area contributed by atoms with Crippen LogP contribution >= 0.6 is 0 Å². The summed E-state index contributed by atoms with van der Waals surface area (Å²) in [4.78, 5) is 14.3. The zero-order valence-corrected chi connectivity index (χ0v) is 12.8. The first kappa shape index (κ1) is 16.3.